The van der Waals surface area contributed by atoms with Crippen LogP contribution in [-0.2, 0) is 9.53 Å². The summed E-state index contributed by atoms with van der Waals surface area (Å²) in [6.45, 7) is 0.203. The van der Waals surface area contributed by atoms with Crippen LogP contribution >= 0.6 is 11.8 Å². The van der Waals surface area contributed by atoms with Crippen molar-refractivity contribution < 1.29 is 19.4 Å². The second kappa shape index (κ2) is 8.66. The van der Waals surface area contributed by atoms with Crippen LogP contribution in [0.25, 0.3) is 0 Å². The van der Waals surface area contributed by atoms with E-state index in [4.69, 9.17) is 10.5 Å². The Balaban J connectivity index is 2.14. The average molecular weight is 285 g/mol. The number of hydrogen-bond acceptors (Lipinski definition) is 6. The predicted molar refractivity (Wildman–Crippen MR) is 76.3 cm³/mol. The fourth-order valence-corrected chi connectivity index (χ4v) is 2.17. The lowest BCUT2D eigenvalue weighted by Gasteiger charge is -2.12. The summed E-state index contributed by atoms with van der Waals surface area (Å²) in [4.78, 5) is 10.9. The molecule has 0 aliphatic rings. The highest BCUT2D eigenvalue weighted by Crippen LogP contribution is 2.15. The molecule has 0 fully saturated rings. The Bertz CT molecular complexity index is 400. The standard InChI is InChI=1S/C13H19NO4S/c1-17-13(16)5-6-19-9-11(15)8-18-12-4-2-3-10(14)7-12/h2-4,7,11,15H,5-6,8-9,14H2,1H3. The first-order valence-electron chi connectivity index (χ1n) is 5.92. The first kappa shape index (κ1) is 15.7. The molecule has 0 aromatic heterocycles. The van der Waals surface area contributed by atoms with Crippen LogP contribution in [0.3, 0.4) is 0 Å². The fourth-order valence-electron chi connectivity index (χ4n) is 1.32. The molecule has 1 rings (SSSR count). The van der Waals surface area contributed by atoms with Gasteiger partial charge in [0.2, 0.25) is 0 Å². The summed E-state index contributed by atoms with van der Waals surface area (Å²) in [5.41, 5.74) is 6.24. The molecule has 0 aliphatic heterocycles. The van der Waals surface area contributed by atoms with Gasteiger partial charge in [-0.1, -0.05) is 6.07 Å². The summed E-state index contributed by atoms with van der Waals surface area (Å²) in [5.74, 6) is 1.54. The highest BCUT2D eigenvalue weighted by atomic mass is 32.2. The van der Waals surface area contributed by atoms with Crippen LogP contribution in [0.5, 0.6) is 5.75 Å². The lowest BCUT2D eigenvalue weighted by Crippen LogP contribution is -2.20. The molecule has 1 atom stereocenters. The molecule has 1 aromatic carbocycles. The molecule has 19 heavy (non-hydrogen) atoms. The van der Waals surface area contributed by atoms with Gasteiger partial charge in [-0.05, 0) is 12.1 Å². The van der Waals surface area contributed by atoms with Crippen molar-refractivity contribution in [1.29, 1.82) is 0 Å². The number of thioether (sulfide) groups is 1. The highest BCUT2D eigenvalue weighted by molar-refractivity contribution is 7.99. The molecule has 106 valence electrons. The van der Waals surface area contributed by atoms with E-state index in [9.17, 15) is 9.90 Å². The van der Waals surface area contributed by atoms with Crippen molar-refractivity contribution >= 4 is 23.4 Å². The quantitative estimate of drug-likeness (QED) is 0.426. The predicted octanol–water partition coefficient (Wildman–Crippen LogP) is 1.30. The van der Waals surface area contributed by atoms with Crippen molar-refractivity contribution in [2.24, 2.45) is 0 Å². The normalized spacial score (nSPS) is 11.9. The van der Waals surface area contributed by atoms with E-state index in [1.807, 2.05) is 0 Å². The van der Waals surface area contributed by atoms with Gasteiger partial charge in [-0.3, -0.25) is 4.79 Å². The number of esters is 1. The number of hydrogen-bond donors (Lipinski definition) is 2. The maximum Gasteiger partial charge on any atom is 0.306 e. The van der Waals surface area contributed by atoms with Crippen LogP contribution < -0.4 is 10.5 Å². The van der Waals surface area contributed by atoms with Crippen LogP contribution in [-0.4, -0.2) is 42.4 Å². The Labute approximate surface area is 117 Å². The van der Waals surface area contributed by atoms with Crippen LogP contribution in [0.15, 0.2) is 24.3 Å². The molecule has 0 radical (unpaired) electrons. The fraction of sp³-hybridized carbons (Fsp3) is 0.462. The molecule has 0 aliphatic carbocycles. The van der Waals surface area contributed by atoms with E-state index in [2.05, 4.69) is 4.74 Å². The smallest absolute Gasteiger partial charge is 0.306 e. The molecular formula is C13H19NO4S. The molecule has 1 aromatic rings. The number of ether oxygens (including phenoxy) is 2. The number of nitrogen functional groups attached to an aromatic ring is 1. The lowest BCUT2D eigenvalue weighted by molar-refractivity contribution is -0.140. The second-order valence-corrected chi connectivity index (χ2v) is 5.09. The third-order valence-electron chi connectivity index (χ3n) is 2.29. The van der Waals surface area contributed by atoms with Crippen molar-refractivity contribution in [2.45, 2.75) is 12.5 Å². The van der Waals surface area contributed by atoms with Gasteiger partial charge in [0.15, 0.2) is 0 Å². The van der Waals surface area contributed by atoms with Gasteiger partial charge in [-0.15, -0.1) is 0 Å². The van der Waals surface area contributed by atoms with Gasteiger partial charge in [-0.25, -0.2) is 0 Å². The summed E-state index contributed by atoms with van der Waals surface area (Å²) < 4.78 is 9.94. The van der Waals surface area contributed by atoms with Crippen LogP contribution in [0.2, 0.25) is 0 Å². The van der Waals surface area contributed by atoms with Crippen LogP contribution in [0, 0.1) is 0 Å². The van der Waals surface area contributed by atoms with Crippen molar-refractivity contribution in [1.82, 2.24) is 0 Å². The van der Waals surface area contributed by atoms with E-state index < -0.39 is 6.10 Å². The van der Waals surface area contributed by atoms with Crippen LogP contribution in [0.4, 0.5) is 5.69 Å². The number of methoxy groups -OCH3 is 1. The molecule has 0 heterocycles. The number of carbonyl (C=O) groups is 1. The lowest BCUT2D eigenvalue weighted by atomic mass is 10.3. The molecule has 0 saturated carbocycles. The molecule has 0 amide bonds. The zero-order chi connectivity index (χ0) is 14.1. The van der Waals surface area contributed by atoms with Gasteiger partial charge < -0.3 is 20.3 Å². The first-order chi connectivity index (χ1) is 9.11. The Morgan fingerprint density at radius 3 is 3.00 bits per heavy atom. The summed E-state index contributed by atoms with van der Waals surface area (Å²) in [5, 5.41) is 9.71. The molecule has 0 saturated heterocycles. The third-order valence-corrected chi connectivity index (χ3v) is 3.40. The first-order valence-corrected chi connectivity index (χ1v) is 7.08. The van der Waals surface area contributed by atoms with Gasteiger partial charge >= 0.3 is 5.97 Å². The van der Waals surface area contributed by atoms with Crippen molar-refractivity contribution in [3.63, 3.8) is 0 Å². The van der Waals surface area contributed by atoms with E-state index in [1.165, 1.54) is 18.9 Å². The van der Waals surface area contributed by atoms with Gasteiger partial charge in [-0.2, -0.15) is 11.8 Å². The molecule has 5 nitrogen and oxygen atoms in total. The van der Waals surface area contributed by atoms with Crippen LogP contribution in [0.1, 0.15) is 6.42 Å². The van der Waals surface area contributed by atoms with Crippen molar-refractivity contribution in [3.05, 3.63) is 24.3 Å². The van der Waals surface area contributed by atoms with Crippen molar-refractivity contribution in [3.8, 4) is 5.75 Å². The molecule has 0 bridgehead atoms. The average Bonchev–Trinajstić information content (AvgIpc) is 2.41. The second-order valence-electron chi connectivity index (χ2n) is 3.94. The number of nitrogens with two attached hydrogens (primary N) is 1. The van der Waals surface area contributed by atoms with Gasteiger partial charge in [0.1, 0.15) is 12.4 Å². The SMILES string of the molecule is COC(=O)CCSCC(O)COc1cccc(N)c1. The number of aliphatic hydroxyl groups excluding tert-OH is 1. The van der Waals surface area contributed by atoms with E-state index in [-0.39, 0.29) is 12.6 Å². The summed E-state index contributed by atoms with van der Waals surface area (Å²) in [6, 6.07) is 7.05. The van der Waals surface area contributed by atoms with Gasteiger partial charge in [0.25, 0.3) is 0 Å². The van der Waals surface area contributed by atoms with Gasteiger partial charge in [0.05, 0.1) is 19.6 Å². The number of benzene rings is 1. The number of carbonyl (C=O) groups excluding carboxylic acids is 1. The molecule has 0 spiro atoms. The van der Waals surface area contributed by atoms with Crippen molar-refractivity contribution in [2.75, 3.05) is 31.0 Å². The topological polar surface area (TPSA) is 81.8 Å². The minimum absolute atomic E-state index is 0.203. The highest BCUT2D eigenvalue weighted by Gasteiger charge is 2.07. The maximum absolute atomic E-state index is 10.9. The third kappa shape index (κ3) is 6.93. The Morgan fingerprint density at radius 2 is 2.32 bits per heavy atom. The Hall–Kier alpha value is -1.40. The molecule has 3 N–H and O–H groups in total. The molecular weight excluding hydrogens is 266 g/mol. The minimum atomic E-state index is -0.580. The number of rotatable bonds is 8. The van der Waals surface area contributed by atoms with Gasteiger partial charge in [0, 0.05) is 23.3 Å². The monoisotopic (exact) mass is 285 g/mol. The zero-order valence-corrected chi connectivity index (χ0v) is 11.7. The van der Waals surface area contributed by atoms with E-state index >= 15 is 0 Å². The summed E-state index contributed by atoms with van der Waals surface area (Å²) in [6.07, 6.45) is -0.228. The minimum Gasteiger partial charge on any atom is -0.491 e. The Morgan fingerprint density at radius 1 is 1.53 bits per heavy atom. The van der Waals surface area contributed by atoms with E-state index in [1.54, 1.807) is 24.3 Å². The largest absolute Gasteiger partial charge is 0.491 e. The summed E-state index contributed by atoms with van der Waals surface area (Å²) in [7, 11) is 1.36. The zero-order valence-electron chi connectivity index (χ0n) is 10.9. The summed E-state index contributed by atoms with van der Waals surface area (Å²) >= 11 is 1.49. The number of anilines is 1. The maximum atomic E-state index is 10.9. The van der Waals surface area contributed by atoms with E-state index in [0.29, 0.717) is 29.4 Å². The molecule has 6 heteroatoms. The Kier molecular flexibility index (Phi) is 7.14. The van der Waals surface area contributed by atoms with E-state index in [0.717, 1.165) is 0 Å². The molecule has 1 unspecified atom stereocenters. The number of aliphatic hydroxyl groups is 1.